The van der Waals surface area contributed by atoms with Gasteiger partial charge in [-0.1, -0.05) is 23.7 Å². The number of nitrogens with one attached hydrogen (secondary N) is 2. The van der Waals surface area contributed by atoms with Crippen LogP contribution in [0.2, 0.25) is 5.02 Å². The zero-order valence-corrected chi connectivity index (χ0v) is 17.2. The lowest BCUT2D eigenvalue weighted by Gasteiger charge is -2.10. The molecular weight excluding hydrogens is 398 g/mol. The molecule has 0 fully saturated rings. The van der Waals surface area contributed by atoms with Crippen LogP contribution in [0.5, 0.6) is 5.75 Å². The standard InChI is InChI=1S/C20H22ClN3O3S/c1-13(15-5-8-18(27-2)16(11-15)12-19(25)26)23-24-20(28)22-10-9-14-3-6-17(21)7-4-14/h3-8,11H,9-10,12H2,1-2H3,(H,25,26)(H2,22,24,28)/b23-13-. The molecule has 0 bridgehead atoms. The van der Waals surface area contributed by atoms with Crippen LogP contribution in [-0.4, -0.2) is 35.6 Å². The van der Waals surface area contributed by atoms with Gasteiger partial charge in [0, 0.05) is 17.1 Å². The van der Waals surface area contributed by atoms with Gasteiger partial charge in [0.15, 0.2) is 5.11 Å². The predicted molar refractivity (Wildman–Crippen MR) is 115 cm³/mol. The van der Waals surface area contributed by atoms with Crippen LogP contribution < -0.4 is 15.5 Å². The summed E-state index contributed by atoms with van der Waals surface area (Å²) in [7, 11) is 1.51. The summed E-state index contributed by atoms with van der Waals surface area (Å²) in [5.41, 5.74) is 6.01. The molecule has 0 aliphatic heterocycles. The van der Waals surface area contributed by atoms with E-state index in [4.69, 9.17) is 33.7 Å². The largest absolute Gasteiger partial charge is 0.496 e. The van der Waals surface area contributed by atoms with E-state index in [0.717, 1.165) is 17.5 Å². The van der Waals surface area contributed by atoms with Gasteiger partial charge in [-0.15, -0.1) is 0 Å². The highest BCUT2D eigenvalue weighted by Crippen LogP contribution is 2.21. The van der Waals surface area contributed by atoms with Crippen LogP contribution in [0.15, 0.2) is 47.6 Å². The van der Waals surface area contributed by atoms with Gasteiger partial charge < -0.3 is 15.2 Å². The third kappa shape index (κ3) is 6.83. The van der Waals surface area contributed by atoms with E-state index in [2.05, 4.69) is 15.8 Å². The third-order valence-corrected chi connectivity index (χ3v) is 4.47. The summed E-state index contributed by atoms with van der Waals surface area (Å²) in [6.07, 6.45) is 0.682. The summed E-state index contributed by atoms with van der Waals surface area (Å²) in [4.78, 5) is 11.0. The van der Waals surface area contributed by atoms with E-state index >= 15 is 0 Å². The highest BCUT2D eigenvalue weighted by Gasteiger charge is 2.10. The van der Waals surface area contributed by atoms with Crippen LogP contribution in [0.3, 0.4) is 0 Å². The monoisotopic (exact) mass is 419 g/mol. The maximum atomic E-state index is 11.0. The Balaban J connectivity index is 1.91. The summed E-state index contributed by atoms with van der Waals surface area (Å²) < 4.78 is 5.21. The highest BCUT2D eigenvalue weighted by molar-refractivity contribution is 7.80. The van der Waals surface area contributed by atoms with Crippen molar-refractivity contribution in [1.82, 2.24) is 10.7 Å². The Kier molecular flexibility index (Phi) is 8.22. The van der Waals surface area contributed by atoms with Crippen LogP contribution in [0.4, 0.5) is 0 Å². The Labute approximate surface area is 174 Å². The molecule has 0 amide bonds. The molecule has 0 unspecified atom stereocenters. The Hall–Kier alpha value is -2.64. The van der Waals surface area contributed by atoms with Crippen molar-refractivity contribution in [3.8, 4) is 5.75 Å². The van der Waals surface area contributed by atoms with Gasteiger partial charge in [0.05, 0.1) is 19.2 Å². The Morgan fingerprint density at radius 1 is 1.25 bits per heavy atom. The van der Waals surface area contributed by atoms with Gasteiger partial charge in [-0.3, -0.25) is 10.2 Å². The normalized spacial score (nSPS) is 11.0. The van der Waals surface area contributed by atoms with Crippen molar-refractivity contribution in [1.29, 1.82) is 0 Å². The van der Waals surface area contributed by atoms with Crippen molar-refractivity contribution in [3.05, 3.63) is 64.2 Å². The number of halogens is 1. The van der Waals surface area contributed by atoms with Crippen LogP contribution in [-0.2, 0) is 17.6 Å². The smallest absolute Gasteiger partial charge is 0.307 e. The van der Waals surface area contributed by atoms with E-state index in [0.29, 0.717) is 33.7 Å². The molecule has 2 aromatic rings. The molecule has 0 aliphatic carbocycles. The molecule has 6 nitrogen and oxygen atoms in total. The number of methoxy groups -OCH3 is 1. The van der Waals surface area contributed by atoms with Crippen molar-refractivity contribution in [3.63, 3.8) is 0 Å². The summed E-state index contributed by atoms with van der Waals surface area (Å²) in [6.45, 7) is 2.48. The average molecular weight is 420 g/mol. The van der Waals surface area contributed by atoms with E-state index in [1.807, 2.05) is 37.3 Å². The molecule has 3 N–H and O–H groups in total. The molecule has 28 heavy (non-hydrogen) atoms. The van der Waals surface area contributed by atoms with E-state index in [9.17, 15) is 4.79 Å². The molecule has 2 aromatic carbocycles. The van der Waals surface area contributed by atoms with E-state index in [1.54, 1.807) is 12.1 Å². The minimum absolute atomic E-state index is 0.123. The molecule has 8 heteroatoms. The molecule has 0 spiro atoms. The molecule has 0 saturated heterocycles. The number of carbonyl (C=O) groups is 1. The van der Waals surface area contributed by atoms with Crippen molar-refractivity contribution >= 4 is 40.6 Å². The number of nitrogens with zero attached hydrogens (tertiary/aromatic N) is 1. The van der Waals surface area contributed by atoms with Gasteiger partial charge in [-0.05, 0) is 67.0 Å². The second-order valence-corrected chi connectivity index (χ2v) is 6.88. The van der Waals surface area contributed by atoms with E-state index in [1.165, 1.54) is 7.11 Å². The number of hydrogen-bond acceptors (Lipinski definition) is 4. The minimum atomic E-state index is -0.922. The van der Waals surface area contributed by atoms with Gasteiger partial charge in [0.2, 0.25) is 0 Å². The lowest BCUT2D eigenvalue weighted by Crippen LogP contribution is -2.34. The maximum Gasteiger partial charge on any atom is 0.307 e. The molecule has 0 saturated carbocycles. The highest BCUT2D eigenvalue weighted by atomic mass is 35.5. The predicted octanol–water partition coefficient (Wildman–Crippen LogP) is 3.41. The van der Waals surface area contributed by atoms with Gasteiger partial charge in [0.25, 0.3) is 0 Å². The third-order valence-electron chi connectivity index (χ3n) is 3.98. The van der Waals surface area contributed by atoms with Crippen molar-refractivity contribution < 1.29 is 14.6 Å². The Morgan fingerprint density at radius 2 is 1.96 bits per heavy atom. The van der Waals surface area contributed by atoms with Crippen molar-refractivity contribution in [2.45, 2.75) is 19.8 Å². The SMILES string of the molecule is COc1ccc(/C(C)=N\NC(=S)NCCc2ccc(Cl)cc2)cc1CC(=O)O. The summed E-state index contributed by atoms with van der Waals surface area (Å²) in [5.74, 6) is -0.388. The number of rotatable bonds is 8. The fourth-order valence-corrected chi connectivity index (χ4v) is 2.79. The van der Waals surface area contributed by atoms with Crippen LogP contribution in [0.25, 0.3) is 0 Å². The fourth-order valence-electron chi connectivity index (χ4n) is 2.51. The van der Waals surface area contributed by atoms with Gasteiger partial charge in [0.1, 0.15) is 5.75 Å². The van der Waals surface area contributed by atoms with Crippen LogP contribution in [0.1, 0.15) is 23.6 Å². The molecule has 0 heterocycles. The number of benzene rings is 2. The average Bonchev–Trinajstić information content (AvgIpc) is 2.67. The molecule has 2 rings (SSSR count). The Bertz CT molecular complexity index is 869. The fraction of sp³-hybridized carbons (Fsp3) is 0.250. The number of thiocarbonyl (C=S) groups is 1. The quantitative estimate of drug-likeness (QED) is 0.345. The molecule has 0 radical (unpaired) electrons. The first-order chi connectivity index (χ1) is 13.4. The van der Waals surface area contributed by atoms with Crippen molar-refractivity contribution in [2.75, 3.05) is 13.7 Å². The van der Waals surface area contributed by atoms with Crippen LogP contribution in [0, 0.1) is 0 Å². The first-order valence-corrected chi connectivity index (χ1v) is 9.39. The molecule has 0 aromatic heterocycles. The molecular formula is C20H22ClN3O3S. The van der Waals surface area contributed by atoms with Gasteiger partial charge >= 0.3 is 5.97 Å². The van der Waals surface area contributed by atoms with Gasteiger partial charge in [-0.2, -0.15) is 5.10 Å². The van der Waals surface area contributed by atoms with Gasteiger partial charge in [-0.25, -0.2) is 0 Å². The number of ether oxygens (including phenoxy) is 1. The van der Waals surface area contributed by atoms with Crippen LogP contribution >= 0.6 is 23.8 Å². The number of aliphatic carboxylic acids is 1. The van der Waals surface area contributed by atoms with E-state index in [-0.39, 0.29) is 6.42 Å². The zero-order chi connectivity index (χ0) is 20.5. The van der Waals surface area contributed by atoms with Crippen molar-refractivity contribution in [2.24, 2.45) is 5.10 Å². The molecule has 148 valence electrons. The lowest BCUT2D eigenvalue weighted by molar-refractivity contribution is -0.136. The lowest BCUT2D eigenvalue weighted by atomic mass is 10.0. The maximum absolute atomic E-state index is 11.0. The first kappa shape index (κ1) is 21.7. The molecule has 0 atom stereocenters. The summed E-state index contributed by atoms with van der Waals surface area (Å²) in [6, 6.07) is 13.0. The van der Waals surface area contributed by atoms with E-state index < -0.39 is 5.97 Å². The number of carboxylic acids is 1. The Morgan fingerprint density at radius 3 is 2.61 bits per heavy atom. The zero-order valence-electron chi connectivity index (χ0n) is 15.7. The first-order valence-electron chi connectivity index (χ1n) is 8.60. The second kappa shape index (κ2) is 10.6. The topological polar surface area (TPSA) is 83.0 Å². The number of hydrogen-bond donors (Lipinski definition) is 3. The summed E-state index contributed by atoms with van der Waals surface area (Å²) in [5, 5.41) is 17.5. The second-order valence-electron chi connectivity index (χ2n) is 6.04. The summed E-state index contributed by atoms with van der Waals surface area (Å²) >= 11 is 11.1. The number of carboxylic acid groups (broad SMARTS) is 1. The molecule has 0 aliphatic rings. The number of hydrazone groups is 1. The minimum Gasteiger partial charge on any atom is -0.496 e.